The van der Waals surface area contributed by atoms with Crippen LogP contribution in [-0.2, 0) is 5.41 Å². The number of rotatable bonds is 3. The molecule has 1 aromatic heterocycles. The fourth-order valence-electron chi connectivity index (χ4n) is 2.12. The minimum atomic E-state index is -0.183. The second-order valence-electron chi connectivity index (χ2n) is 4.66. The normalized spacial score (nSPS) is 17.1. The van der Waals surface area contributed by atoms with Crippen molar-refractivity contribution in [3.63, 3.8) is 0 Å². The van der Waals surface area contributed by atoms with Crippen molar-refractivity contribution >= 4 is 11.3 Å². The van der Waals surface area contributed by atoms with E-state index in [2.05, 4.69) is 12.1 Å². The van der Waals surface area contributed by atoms with Gasteiger partial charge in [-0.05, 0) is 42.7 Å². The third kappa shape index (κ3) is 1.90. The van der Waals surface area contributed by atoms with Gasteiger partial charge in [-0.25, -0.2) is 4.39 Å². The molecule has 0 amide bonds. The maximum atomic E-state index is 13.2. The van der Waals surface area contributed by atoms with Gasteiger partial charge < -0.3 is 5.73 Å². The Labute approximate surface area is 104 Å². The lowest BCUT2D eigenvalue weighted by molar-refractivity contribution is 0.628. The second kappa shape index (κ2) is 3.93. The molecule has 1 nitrogen and oxygen atoms in total. The molecule has 2 N–H and O–H groups in total. The Morgan fingerprint density at radius 2 is 2.06 bits per heavy atom. The van der Waals surface area contributed by atoms with Gasteiger partial charge in [0.25, 0.3) is 0 Å². The van der Waals surface area contributed by atoms with Crippen LogP contribution < -0.4 is 5.73 Å². The minimum Gasteiger partial charge on any atom is -0.330 e. The van der Waals surface area contributed by atoms with E-state index in [0.717, 1.165) is 17.0 Å². The number of hydrogen-bond donors (Lipinski definition) is 1. The molecule has 1 aliphatic rings. The van der Waals surface area contributed by atoms with Crippen molar-refractivity contribution in [3.8, 4) is 10.4 Å². The van der Waals surface area contributed by atoms with E-state index in [1.165, 1.54) is 23.8 Å². The highest BCUT2D eigenvalue weighted by Crippen LogP contribution is 2.50. The zero-order valence-electron chi connectivity index (χ0n) is 9.45. The third-order valence-corrected chi connectivity index (χ3v) is 4.86. The summed E-state index contributed by atoms with van der Waals surface area (Å²) >= 11 is 1.74. The van der Waals surface area contributed by atoms with E-state index >= 15 is 0 Å². The summed E-state index contributed by atoms with van der Waals surface area (Å²) in [6.07, 6.45) is 2.37. The molecule has 1 aromatic carbocycles. The fourth-order valence-corrected chi connectivity index (χ4v) is 3.38. The van der Waals surface area contributed by atoms with E-state index < -0.39 is 0 Å². The van der Waals surface area contributed by atoms with Gasteiger partial charge in [-0.3, -0.25) is 0 Å². The molecule has 1 aliphatic carbocycles. The summed E-state index contributed by atoms with van der Waals surface area (Å²) < 4.78 is 13.2. The molecule has 0 unspecified atom stereocenters. The largest absolute Gasteiger partial charge is 0.330 e. The summed E-state index contributed by atoms with van der Waals surface area (Å²) in [5.41, 5.74) is 7.00. The molecule has 0 spiro atoms. The van der Waals surface area contributed by atoms with Crippen LogP contribution in [0.15, 0.2) is 36.4 Å². The molecule has 0 aliphatic heterocycles. The average molecular weight is 247 g/mol. The Balaban J connectivity index is 1.95. The maximum absolute atomic E-state index is 13.2. The summed E-state index contributed by atoms with van der Waals surface area (Å²) in [7, 11) is 0. The fraction of sp³-hybridized carbons (Fsp3) is 0.286. The highest BCUT2D eigenvalue weighted by atomic mass is 32.1. The van der Waals surface area contributed by atoms with Gasteiger partial charge in [-0.15, -0.1) is 11.3 Å². The van der Waals surface area contributed by atoms with Crippen LogP contribution in [0.1, 0.15) is 17.7 Å². The molecule has 3 rings (SSSR count). The summed E-state index contributed by atoms with van der Waals surface area (Å²) in [5.74, 6) is -0.183. The van der Waals surface area contributed by atoms with E-state index in [0.29, 0.717) is 0 Å². The summed E-state index contributed by atoms with van der Waals surface area (Å²) in [6, 6.07) is 11.0. The number of nitrogens with two attached hydrogens (primary N) is 1. The molecule has 17 heavy (non-hydrogen) atoms. The number of halogens is 1. The number of thiophene rings is 1. The van der Waals surface area contributed by atoms with Crippen molar-refractivity contribution in [2.75, 3.05) is 6.54 Å². The van der Waals surface area contributed by atoms with Crippen LogP contribution in [0.5, 0.6) is 0 Å². The van der Waals surface area contributed by atoms with Crippen molar-refractivity contribution < 1.29 is 4.39 Å². The van der Waals surface area contributed by atoms with Crippen LogP contribution >= 0.6 is 11.3 Å². The van der Waals surface area contributed by atoms with Crippen LogP contribution in [0.25, 0.3) is 10.4 Å². The standard InChI is InChI=1S/C14H14FNS/c15-11-3-1-2-10(8-11)12-4-5-13(17-12)14(9-16)6-7-14/h1-5,8H,6-7,9,16H2. The molecule has 1 heterocycles. The van der Waals surface area contributed by atoms with E-state index in [-0.39, 0.29) is 11.2 Å². The lowest BCUT2D eigenvalue weighted by Crippen LogP contribution is -2.18. The van der Waals surface area contributed by atoms with Gasteiger partial charge in [0.15, 0.2) is 0 Å². The average Bonchev–Trinajstić information content (AvgIpc) is 2.99. The molecule has 2 aromatic rings. The van der Waals surface area contributed by atoms with E-state index in [1.54, 1.807) is 23.5 Å². The quantitative estimate of drug-likeness (QED) is 0.882. The molecule has 0 radical (unpaired) electrons. The first-order chi connectivity index (χ1) is 8.23. The zero-order chi connectivity index (χ0) is 11.9. The Kier molecular flexibility index (Phi) is 2.53. The van der Waals surface area contributed by atoms with Gasteiger partial charge in [-0.2, -0.15) is 0 Å². The Morgan fingerprint density at radius 3 is 2.71 bits per heavy atom. The van der Waals surface area contributed by atoms with E-state index in [9.17, 15) is 4.39 Å². The Hall–Kier alpha value is -1.19. The van der Waals surface area contributed by atoms with Crippen LogP contribution in [0, 0.1) is 5.82 Å². The van der Waals surface area contributed by atoms with Crippen molar-refractivity contribution in [2.24, 2.45) is 5.73 Å². The van der Waals surface area contributed by atoms with Gasteiger partial charge in [0.2, 0.25) is 0 Å². The predicted octanol–water partition coefficient (Wildman–Crippen LogP) is 3.54. The predicted molar refractivity (Wildman–Crippen MR) is 69.7 cm³/mol. The lowest BCUT2D eigenvalue weighted by Gasteiger charge is -2.08. The lowest BCUT2D eigenvalue weighted by atomic mass is 10.1. The first kappa shape index (κ1) is 10.9. The molecule has 1 saturated carbocycles. The number of benzene rings is 1. The molecule has 0 atom stereocenters. The summed E-state index contributed by atoms with van der Waals surface area (Å²) in [6.45, 7) is 0.718. The summed E-state index contributed by atoms with van der Waals surface area (Å²) in [4.78, 5) is 2.47. The summed E-state index contributed by atoms with van der Waals surface area (Å²) in [5, 5.41) is 0. The van der Waals surface area contributed by atoms with Gasteiger partial charge in [0, 0.05) is 21.7 Å². The van der Waals surface area contributed by atoms with Crippen molar-refractivity contribution in [1.29, 1.82) is 0 Å². The van der Waals surface area contributed by atoms with Crippen LogP contribution in [-0.4, -0.2) is 6.54 Å². The van der Waals surface area contributed by atoms with Gasteiger partial charge in [0.1, 0.15) is 5.82 Å². The maximum Gasteiger partial charge on any atom is 0.123 e. The highest BCUT2D eigenvalue weighted by Gasteiger charge is 2.43. The van der Waals surface area contributed by atoms with E-state index in [1.807, 2.05) is 6.07 Å². The van der Waals surface area contributed by atoms with E-state index in [4.69, 9.17) is 5.73 Å². The van der Waals surface area contributed by atoms with Crippen LogP contribution in [0.2, 0.25) is 0 Å². The molecule has 0 bridgehead atoms. The van der Waals surface area contributed by atoms with Crippen LogP contribution in [0.4, 0.5) is 4.39 Å². The monoisotopic (exact) mass is 247 g/mol. The topological polar surface area (TPSA) is 26.0 Å². The third-order valence-electron chi connectivity index (χ3n) is 3.48. The Morgan fingerprint density at radius 1 is 1.24 bits per heavy atom. The minimum absolute atomic E-state index is 0.183. The molecular formula is C14H14FNS. The van der Waals surface area contributed by atoms with Gasteiger partial charge in [-0.1, -0.05) is 12.1 Å². The zero-order valence-corrected chi connectivity index (χ0v) is 10.3. The first-order valence-corrected chi connectivity index (χ1v) is 6.61. The number of hydrogen-bond acceptors (Lipinski definition) is 2. The molecular weight excluding hydrogens is 233 g/mol. The van der Waals surface area contributed by atoms with Gasteiger partial charge in [0.05, 0.1) is 0 Å². The SMILES string of the molecule is NCC1(c2ccc(-c3cccc(F)c3)s2)CC1. The van der Waals surface area contributed by atoms with Crippen molar-refractivity contribution in [1.82, 2.24) is 0 Å². The molecule has 0 saturated heterocycles. The van der Waals surface area contributed by atoms with Gasteiger partial charge >= 0.3 is 0 Å². The molecule has 1 fully saturated rings. The Bertz CT molecular complexity index is 543. The second-order valence-corrected chi connectivity index (χ2v) is 5.74. The van der Waals surface area contributed by atoms with Crippen molar-refractivity contribution in [2.45, 2.75) is 18.3 Å². The highest BCUT2D eigenvalue weighted by molar-refractivity contribution is 7.15. The smallest absolute Gasteiger partial charge is 0.123 e. The van der Waals surface area contributed by atoms with Crippen LogP contribution in [0.3, 0.4) is 0 Å². The molecule has 88 valence electrons. The van der Waals surface area contributed by atoms with Crippen molar-refractivity contribution in [3.05, 3.63) is 47.1 Å². The first-order valence-electron chi connectivity index (χ1n) is 5.80. The molecule has 3 heteroatoms.